The second kappa shape index (κ2) is 7.11. The van der Waals surface area contributed by atoms with Gasteiger partial charge in [0.1, 0.15) is 0 Å². The molecule has 3 rings (SSSR count). The van der Waals surface area contributed by atoms with Gasteiger partial charge in [-0.2, -0.15) is 0 Å². The summed E-state index contributed by atoms with van der Waals surface area (Å²) >= 11 is 0. The van der Waals surface area contributed by atoms with Crippen molar-refractivity contribution in [2.75, 3.05) is 18.4 Å². The van der Waals surface area contributed by atoms with Gasteiger partial charge in [-0.05, 0) is 57.6 Å². The van der Waals surface area contributed by atoms with Crippen LogP contribution in [0.25, 0.3) is 0 Å². The number of nitrogens with zero attached hydrogens (tertiary/aromatic N) is 1. The number of piperidine rings is 1. The van der Waals surface area contributed by atoms with Crippen LogP contribution in [0.1, 0.15) is 55.8 Å². The molecule has 1 aromatic rings. The van der Waals surface area contributed by atoms with Gasteiger partial charge in [-0.1, -0.05) is 12.1 Å². The van der Waals surface area contributed by atoms with Crippen molar-refractivity contribution in [1.82, 2.24) is 4.90 Å². The molecule has 1 heterocycles. The fraction of sp³-hybridized carbons (Fsp3) is 0.632. The van der Waals surface area contributed by atoms with Gasteiger partial charge in [0.15, 0.2) is 0 Å². The fourth-order valence-corrected chi connectivity index (χ4v) is 4.12. The molecule has 1 saturated heterocycles. The Hall–Kier alpha value is -1.59. The smallest absolute Gasteiger partial charge is 0.337 e. The summed E-state index contributed by atoms with van der Waals surface area (Å²) in [7, 11) is 0. The number of rotatable bonds is 4. The van der Waals surface area contributed by atoms with Crippen molar-refractivity contribution in [3.8, 4) is 0 Å². The predicted octanol–water partition coefficient (Wildman–Crippen LogP) is 2.95. The van der Waals surface area contributed by atoms with Gasteiger partial charge in [0.25, 0.3) is 0 Å². The molecule has 5 nitrogen and oxygen atoms in total. The van der Waals surface area contributed by atoms with Crippen LogP contribution in [0.3, 0.4) is 0 Å². The maximum absolute atomic E-state index is 11.3. The van der Waals surface area contributed by atoms with Crippen molar-refractivity contribution >= 4 is 11.7 Å². The molecule has 1 aliphatic heterocycles. The third-order valence-corrected chi connectivity index (χ3v) is 5.81. The molecule has 0 amide bonds. The number of aliphatic hydroxyl groups is 1. The second-order valence-corrected chi connectivity index (χ2v) is 7.48. The standard InChI is InChI=1S/C19H28N2O3/c1-19(10-6-15(22)7-11-19)21-12-8-14(9-13-21)20-17-5-3-2-4-16(17)18(23)24/h2-5,14-15,20,22H,6-13H2,1H3,(H,23,24). The maximum atomic E-state index is 11.3. The number of hydrogen-bond acceptors (Lipinski definition) is 4. The number of nitrogens with one attached hydrogen (secondary N) is 1. The van der Waals surface area contributed by atoms with Crippen molar-refractivity contribution in [2.24, 2.45) is 0 Å². The summed E-state index contributed by atoms with van der Waals surface area (Å²) < 4.78 is 0. The largest absolute Gasteiger partial charge is 0.478 e. The number of aliphatic hydroxyl groups excluding tert-OH is 1. The normalized spacial score (nSPS) is 29.3. The van der Waals surface area contributed by atoms with Gasteiger partial charge < -0.3 is 15.5 Å². The number of carboxylic acid groups (broad SMARTS) is 1. The highest BCUT2D eigenvalue weighted by atomic mass is 16.4. The van der Waals surface area contributed by atoms with Crippen molar-refractivity contribution in [1.29, 1.82) is 0 Å². The highest BCUT2D eigenvalue weighted by Crippen LogP contribution is 2.35. The number of hydrogen-bond donors (Lipinski definition) is 3. The summed E-state index contributed by atoms with van der Waals surface area (Å²) in [5.41, 5.74) is 1.27. The molecule has 0 atom stereocenters. The van der Waals surface area contributed by atoms with Gasteiger partial charge in [0.2, 0.25) is 0 Å². The predicted molar refractivity (Wildman–Crippen MR) is 94.5 cm³/mol. The zero-order valence-corrected chi connectivity index (χ0v) is 14.4. The Morgan fingerprint density at radius 1 is 1.17 bits per heavy atom. The molecular formula is C19H28N2O3. The maximum Gasteiger partial charge on any atom is 0.337 e. The zero-order valence-electron chi connectivity index (χ0n) is 14.4. The molecular weight excluding hydrogens is 304 g/mol. The molecule has 2 fully saturated rings. The van der Waals surface area contributed by atoms with E-state index in [0.29, 0.717) is 11.6 Å². The molecule has 1 aromatic carbocycles. The van der Waals surface area contributed by atoms with Crippen LogP contribution < -0.4 is 5.32 Å². The first-order valence-electron chi connectivity index (χ1n) is 9.00. The monoisotopic (exact) mass is 332 g/mol. The molecule has 0 aromatic heterocycles. The Labute approximate surface area is 143 Å². The average Bonchev–Trinajstić information content (AvgIpc) is 2.59. The minimum absolute atomic E-state index is 0.121. The lowest BCUT2D eigenvalue weighted by Gasteiger charge is -2.48. The quantitative estimate of drug-likeness (QED) is 0.790. The van der Waals surface area contributed by atoms with E-state index in [1.807, 2.05) is 12.1 Å². The summed E-state index contributed by atoms with van der Waals surface area (Å²) in [6.07, 6.45) is 5.85. The number of carbonyl (C=O) groups is 1. The molecule has 3 N–H and O–H groups in total. The van der Waals surface area contributed by atoms with Crippen LogP contribution in [0, 0.1) is 0 Å². The highest BCUT2D eigenvalue weighted by Gasteiger charge is 2.37. The molecule has 0 bridgehead atoms. The van der Waals surface area contributed by atoms with E-state index in [1.165, 1.54) is 0 Å². The summed E-state index contributed by atoms with van der Waals surface area (Å²) in [5.74, 6) is -0.885. The second-order valence-electron chi connectivity index (χ2n) is 7.48. The van der Waals surface area contributed by atoms with Crippen LogP contribution in [0.5, 0.6) is 0 Å². The van der Waals surface area contributed by atoms with E-state index in [4.69, 9.17) is 0 Å². The van der Waals surface area contributed by atoms with E-state index >= 15 is 0 Å². The Morgan fingerprint density at radius 2 is 1.79 bits per heavy atom. The zero-order chi connectivity index (χ0) is 17.2. The highest BCUT2D eigenvalue weighted by molar-refractivity contribution is 5.94. The molecule has 0 spiro atoms. The molecule has 24 heavy (non-hydrogen) atoms. The van der Waals surface area contributed by atoms with Crippen molar-refractivity contribution in [3.63, 3.8) is 0 Å². The van der Waals surface area contributed by atoms with Gasteiger partial charge in [0.05, 0.1) is 11.7 Å². The summed E-state index contributed by atoms with van der Waals surface area (Å²) in [5, 5.41) is 22.5. The minimum atomic E-state index is -0.885. The van der Waals surface area contributed by atoms with Crippen molar-refractivity contribution < 1.29 is 15.0 Å². The Balaban J connectivity index is 1.57. The first kappa shape index (κ1) is 17.2. The van der Waals surface area contributed by atoms with E-state index in [0.717, 1.165) is 57.3 Å². The summed E-state index contributed by atoms with van der Waals surface area (Å²) in [6.45, 7) is 4.38. The fourth-order valence-electron chi connectivity index (χ4n) is 4.12. The van der Waals surface area contributed by atoms with Crippen molar-refractivity contribution in [2.45, 2.75) is 63.1 Å². The van der Waals surface area contributed by atoms with Crippen LogP contribution in [0.15, 0.2) is 24.3 Å². The first-order chi connectivity index (χ1) is 11.5. The molecule has 5 heteroatoms. The lowest BCUT2D eigenvalue weighted by atomic mass is 9.79. The molecule has 1 saturated carbocycles. The number of para-hydroxylation sites is 1. The lowest BCUT2D eigenvalue weighted by Crippen LogP contribution is -2.53. The molecule has 2 aliphatic rings. The van der Waals surface area contributed by atoms with Gasteiger partial charge in [-0.3, -0.25) is 4.90 Å². The topological polar surface area (TPSA) is 72.8 Å². The van der Waals surface area contributed by atoms with Crippen molar-refractivity contribution in [3.05, 3.63) is 29.8 Å². The Bertz CT molecular complexity index is 574. The number of carboxylic acids is 1. The molecule has 0 unspecified atom stereocenters. The summed E-state index contributed by atoms with van der Waals surface area (Å²) in [6, 6.07) is 7.45. The van der Waals surface area contributed by atoms with E-state index in [2.05, 4.69) is 17.1 Å². The number of benzene rings is 1. The van der Waals surface area contributed by atoms with Crippen LogP contribution >= 0.6 is 0 Å². The van der Waals surface area contributed by atoms with Gasteiger partial charge in [-0.25, -0.2) is 4.79 Å². The van der Waals surface area contributed by atoms with E-state index in [1.54, 1.807) is 12.1 Å². The van der Waals surface area contributed by atoms with Crippen LogP contribution in [0.4, 0.5) is 5.69 Å². The van der Waals surface area contributed by atoms with Gasteiger partial charge in [0, 0.05) is 30.4 Å². The number of aromatic carboxylic acids is 1. The molecule has 1 aliphatic carbocycles. The van der Waals surface area contributed by atoms with Crippen LogP contribution in [-0.4, -0.2) is 51.9 Å². The Morgan fingerprint density at radius 3 is 2.42 bits per heavy atom. The third-order valence-electron chi connectivity index (χ3n) is 5.81. The third kappa shape index (κ3) is 3.73. The Kier molecular flexibility index (Phi) is 5.11. The van der Waals surface area contributed by atoms with Gasteiger partial charge >= 0.3 is 5.97 Å². The lowest BCUT2D eigenvalue weighted by molar-refractivity contribution is 0.00573. The van der Waals surface area contributed by atoms with E-state index in [-0.39, 0.29) is 11.6 Å². The van der Waals surface area contributed by atoms with E-state index in [9.17, 15) is 15.0 Å². The minimum Gasteiger partial charge on any atom is -0.478 e. The van der Waals surface area contributed by atoms with Crippen LogP contribution in [-0.2, 0) is 0 Å². The van der Waals surface area contributed by atoms with Crippen LogP contribution in [0.2, 0.25) is 0 Å². The number of likely N-dealkylation sites (tertiary alicyclic amines) is 1. The summed E-state index contributed by atoms with van der Waals surface area (Å²) in [4.78, 5) is 13.9. The SMILES string of the molecule is CC1(N2CCC(Nc3ccccc3C(=O)O)CC2)CCC(O)CC1. The average molecular weight is 332 g/mol. The number of anilines is 1. The van der Waals surface area contributed by atoms with Gasteiger partial charge in [-0.15, -0.1) is 0 Å². The molecule has 0 radical (unpaired) electrons. The first-order valence-corrected chi connectivity index (χ1v) is 9.00. The van der Waals surface area contributed by atoms with E-state index < -0.39 is 5.97 Å². The molecule has 132 valence electrons.